The SMILES string of the molecule is OC1C(Cc2ccccc2)CCCCCC1Cc1ccccc1. The zero-order valence-electron chi connectivity index (χ0n) is 13.9. The van der Waals surface area contributed by atoms with Crippen LogP contribution in [0.1, 0.15) is 43.2 Å². The molecule has 0 aromatic heterocycles. The summed E-state index contributed by atoms with van der Waals surface area (Å²) in [5, 5.41) is 11.1. The number of hydrogen-bond donors (Lipinski definition) is 1. The summed E-state index contributed by atoms with van der Waals surface area (Å²) in [7, 11) is 0. The first kappa shape index (κ1) is 16.3. The Bertz CT molecular complexity index is 512. The first-order chi connectivity index (χ1) is 11.3. The van der Waals surface area contributed by atoms with E-state index in [-0.39, 0.29) is 6.10 Å². The Morgan fingerprint density at radius 1 is 0.652 bits per heavy atom. The predicted octanol–water partition coefficient (Wildman–Crippen LogP) is 5.03. The lowest BCUT2D eigenvalue weighted by atomic mass is 9.76. The predicted molar refractivity (Wildman–Crippen MR) is 96.4 cm³/mol. The highest BCUT2D eigenvalue weighted by molar-refractivity contribution is 5.17. The van der Waals surface area contributed by atoms with E-state index in [1.54, 1.807) is 0 Å². The lowest BCUT2D eigenvalue weighted by Gasteiger charge is -2.32. The molecule has 2 unspecified atom stereocenters. The molecule has 2 aromatic rings. The van der Waals surface area contributed by atoms with Crippen molar-refractivity contribution in [2.24, 2.45) is 11.8 Å². The lowest BCUT2D eigenvalue weighted by molar-refractivity contribution is 0.0338. The normalized spacial score (nSPS) is 25.5. The molecule has 0 saturated heterocycles. The van der Waals surface area contributed by atoms with E-state index in [4.69, 9.17) is 0 Å². The maximum Gasteiger partial charge on any atom is 0.0602 e. The van der Waals surface area contributed by atoms with Crippen LogP contribution >= 0.6 is 0 Å². The largest absolute Gasteiger partial charge is 0.393 e. The lowest BCUT2D eigenvalue weighted by Crippen LogP contribution is -2.33. The molecule has 0 radical (unpaired) electrons. The number of aliphatic hydroxyl groups excluding tert-OH is 1. The quantitative estimate of drug-likeness (QED) is 0.840. The molecule has 0 amide bonds. The first-order valence-corrected chi connectivity index (χ1v) is 9.09. The molecule has 1 heteroatoms. The molecule has 0 aliphatic heterocycles. The molecule has 122 valence electrons. The van der Waals surface area contributed by atoms with Gasteiger partial charge in [-0.2, -0.15) is 0 Å². The molecular formula is C22H28O. The molecule has 1 aliphatic carbocycles. The van der Waals surface area contributed by atoms with Crippen molar-refractivity contribution in [1.29, 1.82) is 0 Å². The summed E-state index contributed by atoms with van der Waals surface area (Å²) in [6, 6.07) is 21.3. The highest BCUT2D eigenvalue weighted by Crippen LogP contribution is 2.31. The van der Waals surface area contributed by atoms with E-state index in [9.17, 15) is 5.11 Å². The highest BCUT2D eigenvalue weighted by Gasteiger charge is 2.29. The van der Waals surface area contributed by atoms with Crippen molar-refractivity contribution in [3.8, 4) is 0 Å². The topological polar surface area (TPSA) is 20.2 Å². The van der Waals surface area contributed by atoms with E-state index in [0.29, 0.717) is 11.8 Å². The molecule has 2 atom stereocenters. The standard InChI is InChI=1S/C22H28O/c23-22-20(16-18-10-4-1-5-11-18)14-8-3-9-15-21(22)17-19-12-6-2-7-13-19/h1-2,4-7,10-13,20-23H,3,8-9,14-17H2. The Morgan fingerprint density at radius 3 is 1.52 bits per heavy atom. The van der Waals surface area contributed by atoms with Crippen LogP contribution in [0.15, 0.2) is 60.7 Å². The minimum Gasteiger partial charge on any atom is -0.393 e. The monoisotopic (exact) mass is 308 g/mol. The number of hydrogen-bond acceptors (Lipinski definition) is 1. The van der Waals surface area contributed by atoms with Gasteiger partial charge in [0.2, 0.25) is 0 Å². The molecule has 1 saturated carbocycles. The molecule has 1 aliphatic rings. The molecule has 3 rings (SSSR count). The van der Waals surface area contributed by atoms with Crippen LogP contribution in [-0.4, -0.2) is 11.2 Å². The van der Waals surface area contributed by atoms with Gasteiger partial charge in [0.25, 0.3) is 0 Å². The maximum absolute atomic E-state index is 11.1. The molecule has 1 fully saturated rings. The highest BCUT2D eigenvalue weighted by atomic mass is 16.3. The Hall–Kier alpha value is -1.60. The third kappa shape index (κ3) is 4.68. The van der Waals surface area contributed by atoms with Crippen LogP contribution in [0.3, 0.4) is 0 Å². The summed E-state index contributed by atoms with van der Waals surface area (Å²) in [6.07, 6.45) is 7.96. The van der Waals surface area contributed by atoms with Crippen LogP contribution in [0.5, 0.6) is 0 Å². The minimum absolute atomic E-state index is 0.185. The third-order valence-corrected chi connectivity index (χ3v) is 5.30. The van der Waals surface area contributed by atoms with Gasteiger partial charge in [0.15, 0.2) is 0 Å². The number of aliphatic hydroxyl groups is 1. The van der Waals surface area contributed by atoms with Crippen molar-refractivity contribution < 1.29 is 5.11 Å². The van der Waals surface area contributed by atoms with E-state index < -0.39 is 0 Å². The van der Waals surface area contributed by atoms with Crippen LogP contribution in [-0.2, 0) is 12.8 Å². The maximum atomic E-state index is 11.1. The molecule has 1 nitrogen and oxygen atoms in total. The van der Waals surface area contributed by atoms with Gasteiger partial charge in [0, 0.05) is 0 Å². The number of rotatable bonds is 4. The van der Waals surface area contributed by atoms with Gasteiger partial charge in [0.05, 0.1) is 6.10 Å². The van der Waals surface area contributed by atoms with E-state index >= 15 is 0 Å². The van der Waals surface area contributed by atoms with Gasteiger partial charge in [0.1, 0.15) is 0 Å². The fourth-order valence-corrected chi connectivity index (χ4v) is 4.00. The smallest absolute Gasteiger partial charge is 0.0602 e. The summed E-state index contributed by atoms with van der Waals surface area (Å²) in [5.41, 5.74) is 2.71. The summed E-state index contributed by atoms with van der Waals surface area (Å²) in [4.78, 5) is 0. The minimum atomic E-state index is -0.185. The zero-order chi connectivity index (χ0) is 15.9. The second-order valence-electron chi connectivity index (χ2n) is 7.03. The van der Waals surface area contributed by atoms with Crippen molar-refractivity contribution in [3.05, 3.63) is 71.8 Å². The number of benzene rings is 2. The molecule has 0 bridgehead atoms. The van der Waals surface area contributed by atoms with Crippen LogP contribution in [0, 0.1) is 11.8 Å². The zero-order valence-corrected chi connectivity index (χ0v) is 13.9. The Balaban J connectivity index is 1.70. The van der Waals surface area contributed by atoms with Gasteiger partial charge in [-0.1, -0.05) is 79.9 Å². The van der Waals surface area contributed by atoms with E-state index in [0.717, 1.165) is 25.7 Å². The Kier molecular flexibility index (Phi) is 5.87. The summed E-state index contributed by atoms with van der Waals surface area (Å²) in [5.74, 6) is 0.790. The fraction of sp³-hybridized carbons (Fsp3) is 0.455. The fourth-order valence-electron chi connectivity index (χ4n) is 4.00. The summed E-state index contributed by atoms with van der Waals surface area (Å²) in [6.45, 7) is 0. The van der Waals surface area contributed by atoms with Gasteiger partial charge in [-0.15, -0.1) is 0 Å². The van der Waals surface area contributed by atoms with Crippen molar-refractivity contribution in [1.82, 2.24) is 0 Å². The molecule has 0 heterocycles. The average molecular weight is 308 g/mol. The van der Waals surface area contributed by atoms with Crippen LogP contribution in [0.4, 0.5) is 0 Å². The van der Waals surface area contributed by atoms with Crippen molar-refractivity contribution >= 4 is 0 Å². The average Bonchev–Trinajstić information content (AvgIpc) is 2.59. The summed E-state index contributed by atoms with van der Waals surface area (Å²) >= 11 is 0. The van der Waals surface area contributed by atoms with Crippen molar-refractivity contribution in [2.45, 2.75) is 51.0 Å². The molecule has 0 spiro atoms. The van der Waals surface area contributed by atoms with Crippen molar-refractivity contribution in [2.75, 3.05) is 0 Å². The third-order valence-electron chi connectivity index (χ3n) is 5.30. The Morgan fingerprint density at radius 2 is 1.09 bits per heavy atom. The van der Waals surface area contributed by atoms with Gasteiger partial charge in [-0.05, 0) is 48.6 Å². The van der Waals surface area contributed by atoms with Gasteiger partial charge in [-0.25, -0.2) is 0 Å². The van der Waals surface area contributed by atoms with E-state index in [1.807, 2.05) is 0 Å². The first-order valence-electron chi connectivity index (χ1n) is 9.09. The molecule has 2 aromatic carbocycles. The Labute approximate surface area is 140 Å². The second kappa shape index (κ2) is 8.31. The van der Waals surface area contributed by atoms with Gasteiger partial charge < -0.3 is 5.11 Å². The van der Waals surface area contributed by atoms with Crippen LogP contribution in [0.2, 0.25) is 0 Å². The van der Waals surface area contributed by atoms with Crippen LogP contribution < -0.4 is 0 Å². The molecule has 1 N–H and O–H groups in total. The molecular weight excluding hydrogens is 280 g/mol. The van der Waals surface area contributed by atoms with Gasteiger partial charge in [-0.3, -0.25) is 0 Å². The van der Waals surface area contributed by atoms with Crippen LogP contribution in [0.25, 0.3) is 0 Å². The van der Waals surface area contributed by atoms with Gasteiger partial charge >= 0.3 is 0 Å². The summed E-state index contributed by atoms with van der Waals surface area (Å²) < 4.78 is 0. The van der Waals surface area contributed by atoms with E-state index in [2.05, 4.69) is 60.7 Å². The van der Waals surface area contributed by atoms with E-state index in [1.165, 1.54) is 30.4 Å². The second-order valence-corrected chi connectivity index (χ2v) is 7.03. The van der Waals surface area contributed by atoms with Crippen molar-refractivity contribution in [3.63, 3.8) is 0 Å². The molecule has 23 heavy (non-hydrogen) atoms.